The van der Waals surface area contributed by atoms with E-state index in [0.717, 1.165) is 0 Å². The van der Waals surface area contributed by atoms with Crippen molar-refractivity contribution in [3.8, 4) is 11.4 Å². The lowest BCUT2D eigenvalue weighted by Crippen LogP contribution is -1.89. The van der Waals surface area contributed by atoms with Gasteiger partial charge in [-0.2, -0.15) is 0 Å². The molecule has 1 aromatic heterocycles. The SMILES string of the molecule is O=Cc1cnc(-c2cccc(F)c2I)[nH]1. The summed E-state index contributed by atoms with van der Waals surface area (Å²) in [5.41, 5.74) is 1.04. The summed E-state index contributed by atoms with van der Waals surface area (Å²) >= 11 is 1.91. The minimum atomic E-state index is -0.294. The Bertz CT molecular complexity index is 510. The summed E-state index contributed by atoms with van der Waals surface area (Å²) in [6, 6.07) is 4.74. The summed E-state index contributed by atoms with van der Waals surface area (Å²) in [5, 5.41) is 0. The number of carbonyl (C=O) groups excluding carboxylic acids is 1. The average molecular weight is 316 g/mol. The topological polar surface area (TPSA) is 45.8 Å². The minimum absolute atomic E-state index is 0.294. The van der Waals surface area contributed by atoms with E-state index in [1.807, 2.05) is 22.6 Å². The van der Waals surface area contributed by atoms with Gasteiger partial charge in [-0.1, -0.05) is 6.07 Å². The van der Waals surface area contributed by atoms with Crippen molar-refractivity contribution in [3.05, 3.63) is 39.5 Å². The average Bonchev–Trinajstić information content (AvgIpc) is 2.70. The zero-order chi connectivity index (χ0) is 10.8. The molecule has 0 saturated carbocycles. The number of nitrogens with zero attached hydrogens (tertiary/aromatic N) is 1. The van der Waals surface area contributed by atoms with E-state index in [1.54, 1.807) is 12.1 Å². The van der Waals surface area contributed by atoms with Crippen LogP contribution in [0.4, 0.5) is 4.39 Å². The monoisotopic (exact) mass is 316 g/mol. The zero-order valence-electron chi connectivity index (χ0n) is 7.50. The number of carbonyl (C=O) groups is 1. The van der Waals surface area contributed by atoms with E-state index < -0.39 is 0 Å². The molecule has 15 heavy (non-hydrogen) atoms. The number of H-pyrrole nitrogens is 1. The Morgan fingerprint density at radius 2 is 2.27 bits per heavy atom. The smallest absolute Gasteiger partial charge is 0.167 e. The van der Waals surface area contributed by atoms with Crippen LogP contribution in [0.5, 0.6) is 0 Å². The van der Waals surface area contributed by atoms with Crippen molar-refractivity contribution in [1.82, 2.24) is 9.97 Å². The fraction of sp³-hybridized carbons (Fsp3) is 0. The van der Waals surface area contributed by atoms with Crippen LogP contribution in [0.2, 0.25) is 0 Å². The van der Waals surface area contributed by atoms with Crippen molar-refractivity contribution >= 4 is 28.9 Å². The molecule has 2 aromatic rings. The van der Waals surface area contributed by atoms with Crippen LogP contribution in [0.15, 0.2) is 24.4 Å². The Morgan fingerprint density at radius 1 is 1.47 bits per heavy atom. The first-order valence-electron chi connectivity index (χ1n) is 4.17. The van der Waals surface area contributed by atoms with Crippen molar-refractivity contribution in [2.75, 3.05) is 0 Å². The van der Waals surface area contributed by atoms with Crippen molar-refractivity contribution in [2.45, 2.75) is 0 Å². The second kappa shape index (κ2) is 4.09. The molecule has 76 valence electrons. The number of aromatic amines is 1. The Balaban J connectivity index is 2.53. The second-order valence-electron chi connectivity index (χ2n) is 2.91. The van der Waals surface area contributed by atoms with Gasteiger partial charge in [-0.3, -0.25) is 4.79 Å². The molecule has 1 heterocycles. The number of halogens is 2. The highest BCUT2D eigenvalue weighted by Crippen LogP contribution is 2.24. The molecule has 0 aliphatic carbocycles. The molecule has 5 heteroatoms. The zero-order valence-corrected chi connectivity index (χ0v) is 9.66. The highest BCUT2D eigenvalue weighted by Gasteiger charge is 2.09. The first-order valence-corrected chi connectivity index (χ1v) is 5.25. The second-order valence-corrected chi connectivity index (χ2v) is 3.99. The fourth-order valence-corrected chi connectivity index (χ4v) is 1.83. The third kappa shape index (κ3) is 1.92. The maximum absolute atomic E-state index is 13.2. The van der Waals surface area contributed by atoms with Gasteiger partial charge in [0.15, 0.2) is 6.29 Å². The van der Waals surface area contributed by atoms with Crippen LogP contribution in [-0.2, 0) is 0 Å². The third-order valence-electron chi connectivity index (χ3n) is 1.93. The van der Waals surface area contributed by atoms with Crippen LogP contribution in [-0.4, -0.2) is 16.3 Å². The van der Waals surface area contributed by atoms with Crippen LogP contribution in [0.25, 0.3) is 11.4 Å². The van der Waals surface area contributed by atoms with E-state index in [1.165, 1.54) is 12.3 Å². The van der Waals surface area contributed by atoms with Crippen LogP contribution in [0, 0.1) is 9.39 Å². The Kier molecular flexibility index (Phi) is 2.81. The van der Waals surface area contributed by atoms with E-state index in [9.17, 15) is 9.18 Å². The van der Waals surface area contributed by atoms with Gasteiger partial charge < -0.3 is 4.98 Å². The number of nitrogens with one attached hydrogen (secondary N) is 1. The Morgan fingerprint density at radius 3 is 2.93 bits per heavy atom. The van der Waals surface area contributed by atoms with E-state index in [4.69, 9.17) is 0 Å². The first kappa shape index (κ1) is 10.3. The molecule has 2 rings (SSSR count). The molecular formula is C10H6FIN2O. The summed E-state index contributed by atoms with van der Waals surface area (Å²) < 4.78 is 13.7. The number of benzene rings is 1. The highest BCUT2D eigenvalue weighted by molar-refractivity contribution is 14.1. The third-order valence-corrected chi connectivity index (χ3v) is 3.03. The van der Waals surface area contributed by atoms with Gasteiger partial charge in [0.1, 0.15) is 11.6 Å². The standard InChI is InChI=1S/C10H6FIN2O/c11-8-3-1-2-7(9(8)12)10-13-4-6(5-15)14-10/h1-5H,(H,13,14). The lowest BCUT2D eigenvalue weighted by Gasteiger charge is -2.01. The fourth-order valence-electron chi connectivity index (χ4n) is 1.22. The van der Waals surface area contributed by atoms with Crippen LogP contribution >= 0.6 is 22.6 Å². The Labute approximate surface area is 98.9 Å². The number of hydrogen-bond donors (Lipinski definition) is 1. The molecule has 0 bridgehead atoms. The number of rotatable bonds is 2. The summed E-state index contributed by atoms with van der Waals surface area (Å²) in [6.07, 6.45) is 2.09. The number of aromatic nitrogens is 2. The summed E-state index contributed by atoms with van der Waals surface area (Å²) in [7, 11) is 0. The lowest BCUT2D eigenvalue weighted by atomic mass is 10.2. The molecule has 3 nitrogen and oxygen atoms in total. The molecule has 0 aliphatic rings. The maximum Gasteiger partial charge on any atom is 0.167 e. The van der Waals surface area contributed by atoms with Crippen molar-refractivity contribution in [3.63, 3.8) is 0 Å². The summed E-state index contributed by atoms with van der Waals surface area (Å²) in [6.45, 7) is 0. The molecule has 0 spiro atoms. The minimum Gasteiger partial charge on any atom is -0.336 e. The van der Waals surface area contributed by atoms with Gasteiger partial charge in [-0.15, -0.1) is 0 Å². The molecule has 0 fully saturated rings. The predicted molar refractivity (Wildman–Crippen MR) is 62.1 cm³/mol. The quantitative estimate of drug-likeness (QED) is 0.684. The first-order chi connectivity index (χ1) is 7.22. The van der Waals surface area contributed by atoms with Gasteiger partial charge in [0.05, 0.1) is 15.5 Å². The largest absolute Gasteiger partial charge is 0.336 e. The Hall–Kier alpha value is -1.24. The van der Waals surface area contributed by atoms with Gasteiger partial charge in [-0.05, 0) is 34.7 Å². The van der Waals surface area contributed by atoms with Crippen molar-refractivity contribution in [2.24, 2.45) is 0 Å². The van der Waals surface area contributed by atoms with Gasteiger partial charge in [-0.25, -0.2) is 9.37 Å². The number of hydrogen-bond acceptors (Lipinski definition) is 2. The summed E-state index contributed by atoms with van der Waals surface area (Å²) in [5.74, 6) is 0.207. The lowest BCUT2D eigenvalue weighted by molar-refractivity contribution is 0.111. The van der Waals surface area contributed by atoms with Crippen LogP contribution < -0.4 is 0 Å². The highest BCUT2D eigenvalue weighted by atomic mass is 127. The molecule has 0 amide bonds. The molecule has 1 aromatic carbocycles. The molecule has 0 unspecified atom stereocenters. The van der Waals surface area contributed by atoms with Crippen LogP contribution in [0.1, 0.15) is 10.5 Å². The van der Waals surface area contributed by atoms with Gasteiger partial charge in [0.2, 0.25) is 0 Å². The maximum atomic E-state index is 13.2. The molecule has 1 N–H and O–H groups in total. The van der Waals surface area contributed by atoms with E-state index in [-0.39, 0.29) is 5.82 Å². The molecule has 0 atom stereocenters. The van der Waals surface area contributed by atoms with E-state index in [2.05, 4.69) is 9.97 Å². The summed E-state index contributed by atoms with van der Waals surface area (Å²) in [4.78, 5) is 17.3. The van der Waals surface area contributed by atoms with Crippen molar-refractivity contribution < 1.29 is 9.18 Å². The number of imidazole rings is 1. The predicted octanol–water partition coefficient (Wildman–Crippen LogP) is 2.63. The van der Waals surface area contributed by atoms with Crippen LogP contribution in [0.3, 0.4) is 0 Å². The van der Waals surface area contributed by atoms with E-state index in [0.29, 0.717) is 26.9 Å². The molecule has 0 radical (unpaired) electrons. The van der Waals surface area contributed by atoms with Gasteiger partial charge >= 0.3 is 0 Å². The van der Waals surface area contributed by atoms with E-state index >= 15 is 0 Å². The molecule has 0 aliphatic heterocycles. The molecule has 0 saturated heterocycles. The normalized spacial score (nSPS) is 10.3. The molecular weight excluding hydrogens is 310 g/mol. The van der Waals surface area contributed by atoms with Gasteiger partial charge in [0.25, 0.3) is 0 Å². The van der Waals surface area contributed by atoms with Crippen molar-refractivity contribution in [1.29, 1.82) is 0 Å². The van der Waals surface area contributed by atoms with Gasteiger partial charge in [0, 0.05) is 5.56 Å². The number of aldehydes is 1.